The average molecular weight is 284 g/mol. The van der Waals surface area contributed by atoms with Crippen LogP contribution in [0.25, 0.3) is 11.0 Å². The number of alkyl halides is 6. The van der Waals surface area contributed by atoms with Gasteiger partial charge >= 0.3 is 12.4 Å². The topological polar surface area (TPSA) is 38.0 Å². The van der Waals surface area contributed by atoms with Crippen molar-refractivity contribution in [3.05, 3.63) is 29.6 Å². The Morgan fingerprint density at radius 3 is 2.16 bits per heavy atom. The third-order valence-electron chi connectivity index (χ3n) is 2.47. The molecule has 0 radical (unpaired) electrons. The lowest BCUT2D eigenvalue weighted by Crippen LogP contribution is -2.15. The largest absolute Gasteiger partial charge is 0.449 e. The highest BCUT2D eigenvalue weighted by Crippen LogP contribution is 2.34. The molecule has 2 aromatic rings. The van der Waals surface area contributed by atoms with Crippen LogP contribution in [0.15, 0.2) is 18.2 Å². The summed E-state index contributed by atoms with van der Waals surface area (Å²) in [5, 5.41) is 8.90. The van der Waals surface area contributed by atoms with Crippen molar-refractivity contribution in [1.29, 1.82) is 0 Å². The number of rotatable bonds is 1. The zero-order chi connectivity index (χ0) is 14.4. The number of aliphatic hydroxyl groups is 1. The molecule has 1 N–H and O–H groups in total. The van der Waals surface area contributed by atoms with E-state index in [4.69, 9.17) is 5.11 Å². The zero-order valence-corrected chi connectivity index (χ0v) is 9.05. The van der Waals surface area contributed by atoms with Crippen LogP contribution in [0.3, 0.4) is 0 Å². The van der Waals surface area contributed by atoms with Gasteiger partial charge in [0.25, 0.3) is 0 Å². The summed E-state index contributed by atoms with van der Waals surface area (Å²) in [5.41, 5.74) is -1.80. The molecule has 0 bridgehead atoms. The van der Waals surface area contributed by atoms with Crippen molar-refractivity contribution in [3.8, 4) is 0 Å². The fourth-order valence-electron chi connectivity index (χ4n) is 1.66. The maximum absolute atomic E-state index is 12.6. The lowest BCUT2D eigenvalue weighted by Gasteiger charge is -2.09. The average Bonchev–Trinajstić information content (AvgIpc) is 2.64. The van der Waals surface area contributed by atoms with E-state index in [2.05, 4.69) is 4.98 Å². The number of halogens is 6. The third-order valence-corrected chi connectivity index (χ3v) is 2.47. The molecular weight excluding hydrogens is 278 g/mol. The number of hydrogen-bond acceptors (Lipinski definition) is 2. The fraction of sp³-hybridized carbons (Fsp3) is 0.300. The molecule has 0 saturated heterocycles. The quantitative estimate of drug-likeness (QED) is 0.817. The van der Waals surface area contributed by atoms with Gasteiger partial charge in [0.1, 0.15) is 6.73 Å². The van der Waals surface area contributed by atoms with Gasteiger partial charge in [-0.25, -0.2) is 4.98 Å². The van der Waals surface area contributed by atoms with Crippen molar-refractivity contribution >= 4 is 11.0 Å². The first kappa shape index (κ1) is 13.7. The molecule has 1 aromatic carbocycles. The van der Waals surface area contributed by atoms with Gasteiger partial charge in [0.05, 0.1) is 16.6 Å². The van der Waals surface area contributed by atoms with E-state index >= 15 is 0 Å². The molecule has 0 aliphatic heterocycles. The van der Waals surface area contributed by atoms with E-state index in [1.807, 2.05) is 0 Å². The maximum Gasteiger partial charge on any atom is 0.449 e. The summed E-state index contributed by atoms with van der Waals surface area (Å²) in [5.74, 6) is -1.44. The van der Waals surface area contributed by atoms with Crippen molar-refractivity contribution in [1.82, 2.24) is 9.55 Å². The van der Waals surface area contributed by atoms with Gasteiger partial charge in [0.2, 0.25) is 5.82 Å². The molecule has 0 saturated carbocycles. The molecule has 1 aromatic heterocycles. The predicted molar refractivity (Wildman–Crippen MR) is 52.0 cm³/mol. The van der Waals surface area contributed by atoms with Crippen LogP contribution in [0.5, 0.6) is 0 Å². The highest BCUT2D eigenvalue weighted by atomic mass is 19.4. The van der Waals surface area contributed by atoms with Crippen LogP contribution in [0, 0.1) is 0 Å². The summed E-state index contributed by atoms with van der Waals surface area (Å²) in [7, 11) is 0. The molecule has 0 fully saturated rings. The van der Waals surface area contributed by atoms with Gasteiger partial charge in [-0.15, -0.1) is 0 Å². The summed E-state index contributed by atoms with van der Waals surface area (Å²) in [4.78, 5) is 3.19. The zero-order valence-electron chi connectivity index (χ0n) is 9.05. The van der Waals surface area contributed by atoms with Crippen molar-refractivity contribution in [2.75, 3.05) is 0 Å². The Kier molecular flexibility index (Phi) is 2.96. The Morgan fingerprint density at radius 2 is 1.68 bits per heavy atom. The molecular formula is C10H6F6N2O. The summed E-state index contributed by atoms with van der Waals surface area (Å²) in [6.45, 7) is -1.12. The van der Waals surface area contributed by atoms with E-state index in [-0.39, 0.29) is 10.1 Å². The lowest BCUT2D eigenvalue weighted by molar-refractivity contribution is -0.148. The van der Waals surface area contributed by atoms with Gasteiger partial charge in [0, 0.05) is 0 Å². The number of benzene rings is 1. The minimum Gasteiger partial charge on any atom is -0.376 e. The molecule has 0 atom stereocenters. The monoisotopic (exact) mass is 284 g/mol. The Balaban J connectivity index is 2.72. The maximum atomic E-state index is 12.6. The predicted octanol–water partition coefficient (Wildman–Crippen LogP) is 3.02. The second-order valence-electron chi connectivity index (χ2n) is 3.70. The first-order valence-corrected chi connectivity index (χ1v) is 4.90. The van der Waals surface area contributed by atoms with Crippen LogP contribution in [-0.4, -0.2) is 14.7 Å². The summed E-state index contributed by atoms with van der Waals surface area (Å²) in [6, 6.07) is 1.99. The van der Waals surface area contributed by atoms with Crippen LogP contribution in [0.4, 0.5) is 26.3 Å². The molecule has 3 nitrogen and oxygen atoms in total. The number of imidazole rings is 1. The first-order chi connectivity index (χ1) is 8.64. The first-order valence-electron chi connectivity index (χ1n) is 4.90. The summed E-state index contributed by atoms with van der Waals surface area (Å²) in [6.07, 6.45) is -9.54. The minimum atomic E-state index is -4.86. The molecule has 0 amide bonds. The molecule has 0 aliphatic rings. The van der Waals surface area contributed by atoms with Crippen LogP contribution < -0.4 is 0 Å². The Hall–Kier alpha value is -1.77. The number of aliphatic hydroxyl groups excluding tert-OH is 1. The molecule has 2 rings (SSSR count). The van der Waals surface area contributed by atoms with Gasteiger partial charge in [-0.2, -0.15) is 26.3 Å². The van der Waals surface area contributed by atoms with Crippen molar-refractivity contribution in [2.24, 2.45) is 0 Å². The minimum absolute atomic E-state index is 0.269. The molecule has 9 heteroatoms. The second-order valence-corrected chi connectivity index (χ2v) is 3.70. The second kappa shape index (κ2) is 4.12. The third kappa shape index (κ3) is 2.37. The van der Waals surface area contributed by atoms with Crippen LogP contribution in [-0.2, 0) is 19.1 Å². The molecule has 0 aliphatic carbocycles. The van der Waals surface area contributed by atoms with E-state index in [1.165, 1.54) is 0 Å². The van der Waals surface area contributed by atoms with Gasteiger partial charge in [-0.1, -0.05) is 0 Å². The normalized spacial score (nSPS) is 13.2. The molecule has 104 valence electrons. The number of aromatic nitrogens is 2. The molecule has 19 heavy (non-hydrogen) atoms. The van der Waals surface area contributed by atoms with Gasteiger partial charge in [-0.05, 0) is 18.2 Å². The van der Waals surface area contributed by atoms with E-state index in [0.29, 0.717) is 12.1 Å². The molecule has 0 unspecified atom stereocenters. The highest BCUT2D eigenvalue weighted by Gasteiger charge is 2.38. The van der Waals surface area contributed by atoms with Gasteiger partial charge in [-0.3, -0.25) is 4.57 Å². The van der Waals surface area contributed by atoms with Gasteiger partial charge in [0.15, 0.2) is 0 Å². The van der Waals surface area contributed by atoms with E-state index in [0.717, 1.165) is 6.07 Å². The van der Waals surface area contributed by atoms with Crippen molar-refractivity contribution < 1.29 is 31.4 Å². The fourth-order valence-corrected chi connectivity index (χ4v) is 1.66. The Morgan fingerprint density at radius 1 is 1.05 bits per heavy atom. The Labute approximate surface area is 102 Å². The Bertz CT molecular complexity index is 613. The van der Waals surface area contributed by atoms with Crippen molar-refractivity contribution in [2.45, 2.75) is 19.1 Å². The van der Waals surface area contributed by atoms with Crippen molar-refractivity contribution in [3.63, 3.8) is 0 Å². The SMILES string of the molecule is OCn1c(C(F)(F)F)nc2ccc(C(F)(F)F)cc21. The standard InChI is InChI=1S/C10H6F6N2O/c11-9(12,13)5-1-2-6-7(3-5)18(4-19)8(17-6)10(14,15)16/h1-3,19H,4H2. The molecule has 1 heterocycles. The highest BCUT2D eigenvalue weighted by molar-refractivity contribution is 5.77. The van der Waals surface area contributed by atoms with Crippen LogP contribution in [0.1, 0.15) is 11.4 Å². The number of hydrogen-bond donors (Lipinski definition) is 1. The smallest absolute Gasteiger partial charge is 0.376 e. The van der Waals surface area contributed by atoms with E-state index in [1.54, 1.807) is 0 Å². The number of nitrogens with zero attached hydrogens (tertiary/aromatic N) is 2. The summed E-state index contributed by atoms with van der Waals surface area (Å²) < 4.78 is 75.5. The van der Waals surface area contributed by atoms with E-state index in [9.17, 15) is 26.3 Å². The number of fused-ring (bicyclic) bond motifs is 1. The van der Waals surface area contributed by atoms with Crippen LogP contribution in [0.2, 0.25) is 0 Å². The van der Waals surface area contributed by atoms with Crippen LogP contribution >= 0.6 is 0 Å². The van der Waals surface area contributed by atoms with Gasteiger partial charge < -0.3 is 5.11 Å². The molecule has 0 spiro atoms. The van der Waals surface area contributed by atoms with E-state index < -0.39 is 36.0 Å². The summed E-state index contributed by atoms with van der Waals surface area (Å²) >= 11 is 0. The lowest BCUT2D eigenvalue weighted by atomic mass is 10.2.